The van der Waals surface area contributed by atoms with Crippen LogP contribution in [0.2, 0.25) is 0 Å². The Morgan fingerprint density at radius 1 is 1.19 bits per heavy atom. The molecule has 0 bridgehead atoms. The molecule has 2 aromatic heterocycles. The van der Waals surface area contributed by atoms with E-state index in [4.69, 9.17) is 0 Å². The summed E-state index contributed by atoms with van der Waals surface area (Å²) < 4.78 is 1.85. The van der Waals surface area contributed by atoms with Crippen molar-refractivity contribution >= 4 is 18.1 Å². The molecule has 0 atom stereocenters. The number of hydrazone groups is 1. The summed E-state index contributed by atoms with van der Waals surface area (Å²) in [5.41, 5.74) is 6.13. The number of nitrogens with zero attached hydrogens (tertiary/aromatic N) is 3. The summed E-state index contributed by atoms with van der Waals surface area (Å²) >= 11 is 0. The smallest absolute Gasteiger partial charge is 0.337 e. The fourth-order valence-corrected chi connectivity index (χ4v) is 2.86. The van der Waals surface area contributed by atoms with Crippen molar-refractivity contribution in [1.82, 2.24) is 15.0 Å². The van der Waals surface area contributed by atoms with Crippen LogP contribution >= 0.6 is 0 Å². The van der Waals surface area contributed by atoms with Gasteiger partial charge in [-0.3, -0.25) is 9.78 Å². The molecule has 7 heteroatoms. The van der Waals surface area contributed by atoms with Gasteiger partial charge in [0.25, 0.3) is 5.91 Å². The molecule has 136 valence electrons. The van der Waals surface area contributed by atoms with Crippen LogP contribution in [0.3, 0.4) is 0 Å². The minimum Gasteiger partial charge on any atom is -0.478 e. The van der Waals surface area contributed by atoms with E-state index in [1.165, 1.54) is 12.4 Å². The van der Waals surface area contributed by atoms with Crippen molar-refractivity contribution in [3.05, 3.63) is 82.9 Å². The van der Waals surface area contributed by atoms with Gasteiger partial charge in [0.05, 0.1) is 23.0 Å². The Balaban J connectivity index is 1.87. The number of carboxylic acid groups (broad SMARTS) is 1. The molecular weight excluding hydrogens is 344 g/mol. The third-order valence-electron chi connectivity index (χ3n) is 4.14. The Morgan fingerprint density at radius 3 is 2.67 bits per heavy atom. The van der Waals surface area contributed by atoms with Gasteiger partial charge in [-0.2, -0.15) is 5.10 Å². The number of benzene rings is 1. The van der Waals surface area contributed by atoms with E-state index in [0.29, 0.717) is 11.3 Å². The van der Waals surface area contributed by atoms with Crippen molar-refractivity contribution in [3.63, 3.8) is 0 Å². The van der Waals surface area contributed by atoms with Crippen LogP contribution in [0.15, 0.2) is 60.0 Å². The highest BCUT2D eigenvalue weighted by molar-refractivity contribution is 5.95. The maximum atomic E-state index is 12.0. The highest BCUT2D eigenvalue weighted by Gasteiger charge is 2.15. The minimum absolute atomic E-state index is 0.215. The summed E-state index contributed by atoms with van der Waals surface area (Å²) in [6.45, 7) is 3.76. The Bertz CT molecular complexity index is 1020. The zero-order chi connectivity index (χ0) is 19.4. The van der Waals surface area contributed by atoms with Crippen molar-refractivity contribution in [3.8, 4) is 5.69 Å². The molecule has 3 rings (SSSR count). The van der Waals surface area contributed by atoms with Crippen LogP contribution in [-0.2, 0) is 0 Å². The number of hydrogen-bond donors (Lipinski definition) is 2. The van der Waals surface area contributed by atoms with E-state index in [1.807, 2.05) is 24.5 Å². The quantitative estimate of drug-likeness (QED) is 0.539. The largest absolute Gasteiger partial charge is 0.478 e. The molecule has 3 aromatic rings. The van der Waals surface area contributed by atoms with Crippen molar-refractivity contribution in [2.75, 3.05) is 0 Å². The van der Waals surface area contributed by atoms with Crippen LogP contribution in [0.25, 0.3) is 5.69 Å². The molecule has 0 spiro atoms. The maximum Gasteiger partial charge on any atom is 0.337 e. The van der Waals surface area contributed by atoms with E-state index in [2.05, 4.69) is 15.5 Å². The lowest BCUT2D eigenvalue weighted by Gasteiger charge is -2.12. The highest BCUT2D eigenvalue weighted by atomic mass is 16.4. The molecule has 27 heavy (non-hydrogen) atoms. The molecule has 1 aromatic carbocycles. The molecule has 0 aliphatic heterocycles. The first-order valence-electron chi connectivity index (χ1n) is 8.24. The summed E-state index contributed by atoms with van der Waals surface area (Å²) in [4.78, 5) is 27.4. The number of rotatable bonds is 5. The first-order valence-corrected chi connectivity index (χ1v) is 8.24. The number of amides is 1. The second-order valence-corrected chi connectivity index (χ2v) is 5.93. The molecular formula is C20H18N4O3. The average molecular weight is 362 g/mol. The molecule has 0 aliphatic carbocycles. The number of aromatic nitrogens is 2. The number of pyridine rings is 1. The fourth-order valence-electron chi connectivity index (χ4n) is 2.86. The number of aryl methyl sites for hydroxylation is 1. The highest BCUT2D eigenvalue weighted by Crippen LogP contribution is 2.22. The van der Waals surface area contributed by atoms with E-state index in [1.54, 1.807) is 42.6 Å². The number of carbonyl (C=O) groups excluding carboxylic acids is 1. The van der Waals surface area contributed by atoms with Gasteiger partial charge in [0.2, 0.25) is 0 Å². The monoisotopic (exact) mass is 362 g/mol. The molecule has 0 saturated heterocycles. The SMILES string of the molecule is Cc1cc(/C=N\NC(=O)c2cccnc2)c(C)n1-c1ccccc1C(=O)O. The third-order valence-corrected chi connectivity index (χ3v) is 4.14. The van der Waals surface area contributed by atoms with Gasteiger partial charge in [-0.25, -0.2) is 10.2 Å². The molecule has 2 N–H and O–H groups in total. The predicted octanol–water partition coefficient (Wildman–Crippen LogP) is 2.95. The number of carbonyl (C=O) groups is 2. The van der Waals surface area contributed by atoms with E-state index in [9.17, 15) is 14.7 Å². The molecule has 2 heterocycles. The van der Waals surface area contributed by atoms with Crippen molar-refractivity contribution in [1.29, 1.82) is 0 Å². The predicted molar refractivity (Wildman–Crippen MR) is 101 cm³/mol. The van der Waals surface area contributed by atoms with Gasteiger partial charge < -0.3 is 9.67 Å². The van der Waals surface area contributed by atoms with Crippen LogP contribution in [-0.4, -0.2) is 32.7 Å². The summed E-state index contributed by atoms with van der Waals surface area (Å²) in [6, 6.07) is 12.0. The van der Waals surface area contributed by atoms with E-state index >= 15 is 0 Å². The van der Waals surface area contributed by atoms with Crippen LogP contribution in [0.4, 0.5) is 0 Å². The van der Waals surface area contributed by atoms with Gasteiger partial charge in [-0.15, -0.1) is 0 Å². The minimum atomic E-state index is -0.989. The number of carboxylic acids is 1. The Morgan fingerprint density at radius 2 is 1.96 bits per heavy atom. The summed E-state index contributed by atoms with van der Waals surface area (Å²) in [7, 11) is 0. The Hall–Kier alpha value is -3.74. The zero-order valence-corrected chi connectivity index (χ0v) is 14.9. The van der Waals surface area contributed by atoms with Gasteiger partial charge in [0.15, 0.2) is 0 Å². The second-order valence-electron chi connectivity index (χ2n) is 5.93. The van der Waals surface area contributed by atoms with Crippen molar-refractivity contribution < 1.29 is 14.7 Å². The number of aromatic carboxylic acids is 1. The van der Waals surface area contributed by atoms with Crippen LogP contribution in [0.5, 0.6) is 0 Å². The zero-order valence-electron chi connectivity index (χ0n) is 14.9. The summed E-state index contributed by atoms with van der Waals surface area (Å²) in [5.74, 6) is -1.35. The molecule has 0 fully saturated rings. The van der Waals surface area contributed by atoms with Crippen molar-refractivity contribution in [2.45, 2.75) is 13.8 Å². The van der Waals surface area contributed by atoms with Crippen LogP contribution in [0, 0.1) is 13.8 Å². The molecule has 7 nitrogen and oxygen atoms in total. The van der Waals surface area contributed by atoms with Gasteiger partial charge in [0.1, 0.15) is 0 Å². The topological polar surface area (TPSA) is 96.6 Å². The van der Waals surface area contributed by atoms with Gasteiger partial charge in [-0.05, 0) is 44.2 Å². The number of hydrogen-bond acceptors (Lipinski definition) is 4. The first-order chi connectivity index (χ1) is 13.0. The molecule has 0 aliphatic rings. The number of para-hydroxylation sites is 1. The molecule has 0 saturated carbocycles. The van der Waals surface area contributed by atoms with Crippen LogP contribution in [0.1, 0.15) is 37.7 Å². The van der Waals surface area contributed by atoms with Crippen molar-refractivity contribution in [2.24, 2.45) is 5.10 Å². The number of nitrogens with one attached hydrogen (secondary N) is 1. The lowest BCUT2D eigenvalue weighted by Crippen LogP contribution is -2.17. The fraction of sp³-hybridized carbons (Fsp3) is 0.100. The standard InChI is InChI=1S/C20H18N4O3/c1-13-10-16(12-22-23-19(25)15-6-5-9-21-11-15)14(2)24(13)18-8-4-3-7-17(18)20(26)27/h3-12H,1-2H3,(H,23,25)(H,26,27)/b22-12-. The maximum absolute atomic E-state index is 12.0. The lowest BCUT2D eigenvalue weighted by atomic mass is 10.1. The molecule has 0 unspecified atom stereocenters. The second kappa shape index (κ2) is 7.65. The van der Waals surface area contributed by atoms with Gasteiger partial charge in [-0.1, -0.05) is 12.1 Å². The lowest BCUT2D eigenvalue weighted by molar-refractivity contribution is 0.0696. The normalized spacial score (nSPS) is 10.9. The van der Waals surface area contributed by atoms with Crippen LogP contribution < -0.4 is 5.43 Å². The van der Waals surface area contributed by atoms with E-state index < -0.39 is 5.97 Å². The van der Waals surface area contributed by atoms with Gasteiger partial charge in [0, 0.05) is 29.3 Å². The molecule has 0 radical (unpaired) electrons. The van der Waals surface area contributed by atoms with E-state index in [0.717, 1.165) is 17.0 Å². The Kier molecular flexibility index (Phi) is 5.12. The molecule has 1 amide bonds. The summed E-state index contributed by atoms with van der Waals surface area (Å²) in [5, 5.41) is 13.4. The first kappa shape index (κ1) is 18.1. The third kappa shape index (κ3) is 3.77. The Labute approximate surface area is 156 Å². The average Bonchev–Trinajstić information content (AvgIpc) is 2.95. The van der Waals surface area contributed by atoms with Gasteiger partial charge >= 0.3 is 5.97 Å². The van der Waals surface area contributed by atoms with E-state index in [-0.39, 0.29) is 11.5 Å². The summed E-state index contributed by atoms with van der Waals surface area (Å²) in [6.07, 6.45) is 4.58.